The lowest BCUT2D eigenvalue weighted by Crippen LogP contribution is -2.43. The van der Waals surface area contributed by atoms with E-state index in [4.69, 9.17) is 11.5 Å². The zero-order valence-corrected chi connectivity index (χ0v) is 18.4. The fraction of sp³-hybridized carbons (Fsp3) is 0.545. The smallest absolute Gasteiger partial charge is 0.321 e. The summed E-state index contributed by atoms with van der Waals surface area (Å²) in [5.41, 5.74) is 12.2. The summed E-state index contributed by atoms with van der Waals surface area (Å²) in [5, 5.41) is 0. The van der Waals surface area contributed by atoms with Gasteiger partial charge < -0.3 is 11.5 Å². The van der Waals surface area contributed by atoms with Crippen LogP contribution in [0.1, 0.15) is 64.5 Å². The minimum Gasteiger partial charge on any atom is -0.369 e. The Kier molecular flexibility index (Phi) is 7.59. The molecule has 4 amide bonds. The highest BCUT2D eigenvalue weighted by atomic mass is 16.2. The van der Waals surface area contributed by atoms with Gasteiger partial charge in [-0.05, 0) is 36.8 Å². The third kappa shape index (κ3) is 5.58. The number of guanidine groups is 1. The van der Waals surface area contributed by atoms with Gasteiger partial charge in [0.25, 0.3) is 5.91 Å². The molecule has 0 bridgehead atoms. The van der Waals surface area contributed by atoms with E-state index in [0.717, 1.165) is 22.4 Å². The summed E-state index contributed by atoms with van der Waals surface area (Å²) in [7, 11) is 0. The van der Waals surface area contributed by atoms with Crippen LogP contribution in [0.3, 0.4) is 0 Å². The van der Waals surface area contributed by atoms with Gasteiger partial charge in [-0.1, -0.05) is 51.5 Å². The van der Waals surface area contributed by atoms with Crippen LogP contribution in [-0.4, -0.2) is 39.1 Å². The Morgan fingerprint density at radius 3 is 2.33 bits per heavy atom. The number of hydrogen-bond acceptors (Lipinski definition) is 5. The summed E-state index contributed by atoms with van der Waals surface area (Å²) in [6.45, 7) is 8.34. The van der Waals surface area contributed by atoms with Gasteiger partial charge >= 0.3 is 6.03 Å². The summed E-state index contributed by atoms with van der Waals surface area (Å²) in [5.74, 6) is 0.181. The van der Waals surface area contributed by atoms with Gasteiger partial charge in [-0.25, -0.2) is 9.79 Å². The second-order valence-electron chi connectivity index (χ2n) is 8.47. The molecule has 1 aliphatic heterocycles. The molecule has 4 N–H and O–H groups in total. The normalized spacial score (nSPS) is 18.6. The van der Waals surface area contributed by atoms with Crippen molar-refractivity contribution in [3.05, 3.63) is 35.4 Å². The molecule has 0 aromatic heterocycles. The third-order valence-electron chi connectivity index (χ3n) is 5.17. The quantitative estimate of drug-likeness (QED) is 0.644. The Morgan fingerprint density at radius 2 is 1.80 bits per heavy atom. The number of rotatable bonds is 9. The molecule has 0 saturated carbocycles. The number of urea groups is 1. The van der Waals surface area contributed by atoms with Crippen LogP contribution in [0.25, 0.3) is 0 Å². The lowest BCUT2D eigenvalue weighted by Gasteiger charge is -2.24. The Balaban J connectivity index is 2.06. The average Bonchev–Trinajstić information content (AvgIpc) is 2.87. The molecule has 0 aliphatic carbocycles. The summed E-state index contributed by atoms with van der Waals surface area (Å²) < 4.78 is 0. The molecule has 30 heavy (non-hydrogen) atoms. The largest absolute Gasteiger partial charge is 0.369 e. The SMILES string of the molecule is CCCCC(=O)N(Cc1ccc(CN2C(=O)C(C)(CC(C)C)N=C2N)cc1)C(N)=O. The van der Waals surface area contributed by atoms with E-state index in [1.807, 2.05) is 52.0 Å². The molecule has 1 atom stereocenters. The molecule has 1 aromatic carbocycles. The fourth-order valence-corrected chi connectivity index (χ4v) is 3.70. The first-order valence-electron chi connectivity index (χ1n) is 10.4. The van der Waals surface area contributed by atoms with Crippen molar-refractivity contribution < 1.29 is 14.4 Å². The number of benzene rings is 1. The number of unbranched alkanes of at least 4 members (excludes halogenated alkanes) is 1. The van der Waals surface area contributed by atoms with Crippen LogP contribution in [0.2, 0.25) is 0 Å². The van der Waals surface area contributed by atoms with Crippen molar-refractivity contribution in [1.29, 1.82) is 0 Å². The summed E-state index contributed by atoms with van der Waals surface area (Å²) in [4.78, 5) is 43.7. The summed E-state index contributed by atoms with van der Waals surface area (Å²) >= 11 is 0. The monoisotopic (exact) mass is 415 g/mol. The highest BCUT2D eigenvalue weighted by Gasteiger charge is 2.43. The molecule has 0 radical (unpaired) electrons. The highest BCUT2D eigenvalue weighted by Crippen LogP contribution is 2.29. The fourth-order valence-electron chi connectivity index (χ4n) is 3.70. The molecular weight excluding hydrogens is 382 g/mol. The van der Waals surface area contributed by atoms with Crippen LogP contribution in [0.4, 0.5) is 4.79 Å². The Bertz CT molecular complexity index is 819. The van der Waals surface area contributed by atoms with Gasteiger partial charge in [0, 0.05) is 6.42 Å². The predicted octanol–water partition coefficient (Wildman–Crippen LogP) is 2.75. The van der Waals surface area contributed by atoms with E-state index in [-0.39, 0.29) is 24.3 Å². The molecule has 1 aliphatic rings. The minimum atomic E-state index is -0.820. The Hall–Kier alpha value is -2.90. The van der Waals surface area contributed by atoms with Crippen LogP contribution in [0, 0.1) is 5.92 Å². The van der Waals surface area contributed by atoms with E-state index < -0.39 is 11.6 Å². The van der Waals surface area contributed by atoms with E-state index in [1.165, 1.54) is 4.90 Å². The summed E-state index contributed by atoms with van der Waals surface area (Å²) in [6, 6.07) is 6.59. The molecule has 2 rings (SSSR count). The zero-order chi connectivity index (χ0) is 22.5. The molecular formula is C22H33N5O3. The van der Waals surface area contributed by atoms with Crippen LogP contribution in [-0.2, 0) is 22.7 Å². The maximum Gasteiger partial charge on any atom is 0.321 e. The second-order valence-corrected chi connectivity index (χ2v) is 8.47. The maximum atomic E-state index is 12.9. The molecule has 1 unspecified atom stereocenters. The van der Waals surface area contributed by atoms with Gasteiger partial charge in [0.05, 0.1) is 13.1 Å². The number of amides is 4. The van der Waals surface area contributed by atoms with Crippen molar-refractivity contribution >= 4 is 23.8 Å². The predicted molar refractivity (Wildman–Crippen MR) is 116 cm³/mol. The zero-order valence-electron chi connectivity index (χ0n) is 18.4. The van der Waals surface area contributed by atoms with Gasteiger partial charge in [-0.15, -0.1) is 0 Å². The second kappa shape index (κ2) is 9.73. The van der Waals surface area contributed by atoms with Gasteiger partial charge in [0.1, 0.15) is 5.54 Å². The van der Waals surface area contributed by atoms with Crippen LogP contribution >= 0.6 is 0 Å². The van der Waals surface area contributed by atoms with Crippen LogP contribution in [0.5, 0.6) is 0 Å². The molecule has 0 fully saturated rings. The number of imide groups is 1. The standard InChI is InChI=1S/C22H33N5O3/c1-5-6-7-18(28)26(21(24)30)13-16-8-10-17(11-9-16)14-27-19(29)22(4,12-15(2)3)25-20(27)23/h8-11,15H,5-7,12-14H2,1-4H3,(H2,23,25)(H2,24,30). The Labute approximate surface area is 178 Å². The molecule has 8 heteroatoms. The number of nitrogens with two attached hydrogens (primary N) is 2. The molecule has 1 heterocycles. The van der Waals surface area contributed by atoms with Crippen LogP contribution in [0.15, 0.2) is 29.3 Å². The first-order chi connectivity index (χ1) is 14.1. The molecule has 0 spiro atoms. The number of carbonyl (C=O) groups excluding carboxylic acids is 3. The van der Waals surface area contributed by atoms with Crippen molar-refractivity contribution in [3.63, 3.8) is 0 Å². The van der Waals surface area contributed by atoms with Gasteiger partial charge in [0.15, 0.2) is 5.96 Å². The van der Waals surface area contributed by atoms with Gasteiger partial charge in [-0.2, -0.15) is 0 Å². The highest BCUT2D eigenvalue weighted by molar-refractivity contribution is 6.06. The van der Waals surface area contributed by atoms with Gasteiger partial charge in [-0.3, -0.25) is 19.4 Å². The van der Waals surface area contributed by atoms with Crippen molar-refractivity contribution in [2.24, 2.45) is 22.4 Å². The lowest BCUT2D eigenvalue weighted by atomic mass is 9.91. The number of primary amides is 1. The first kappa shape index (κ1) is 23.4. The molecule has 0 saturated heterocycles. The van der Waals surface area contributed by atoms with E-state index in [1.54, 1.807) is 0 Å². The third-order valence-corrected chi connectivity index (χ3v) is 5.17. The number of hydrogen-bond donors (Lipinski definition) is 2. The minimum absolute atomic E-state index is 0.0980. The van der Waals surface area contributed by atoms with Crippen molar-refractivity contribution in [2.45, 2.75) is 72.0 Å². The van der Waals surface area contributed by atoms with Crippen molar-refractivity contribution in [3.8, 4) is 0 Å². The molecule has 8 nitrogen and oxygen atoms in total. The van der Waals surface area contributed by atoms with Crippen molar-refractivity contribution in [2.75, 3.05) is 0 Å². The van der Waals surface area contributed by atoms with E-state index >= 15 is 0 Å². The first-order valence-corrected chi connectivity index (χ1v) is 10.4. The van der Waals surface area contributed by atoms with Crippen molar-refractivity contribution in [1.82, 2.24) is 9.80 Å². The number of aliphatic imine (C=N–C) groups is 1. The maximum absolute atomic E-state index is 12.9. The lowest BCUT2D eigenvalue weighted by molar-refractivity contribution is -0.131. The van der Waals surface area contributed by atoms with Gasteiger partial charge in [0.2, 0.25) is 5.91 Å². The topological polar surface area (TPSA) is 122 Å². The van der Waals surface area contributed by atoms with Crippen LogP contribution < -0.4 is 11.5 Å². The number of nitrogens with zero attached hydrogens (tertiary/aromatic N) is 3. The van der Waals surface area contributed by atoms with E-state index in [2.05, 4.69) is 4.99 Å². The number of carbonyl (C=O) groups is 3. The van der Waals surface area contributed by atoms with E-state index in [9.17, 15) is 14.4 Å². The molecule has 1 aromatic rings. The summed E-state index contributed by atoms with van der Waals surface area (Å²) in [6.07, 6.45) is 2.51. The van der Waals surface area contributed by atoms with E-state index in [0.29, 0.717) is 31.7 Å². The average molecular weight is 416 g/mol. The Morgan fingerprint density at radius 1 is 1.20 bits per heavy atom. The molecule has 164 valence electrons.